The minimum Gasteiger partial charge on any atom is -0.479 e. The predicted octanol–water partition coefficient (Wildman–Crippen LogP) is 2.25. The van der Waals surface area contributed by atoms with Gasteiger partial charge in [0.1, 0.15) is 6.61 Å². The number of amides is 1. The van der Waals surface area contributed by atoms with Crippen LogP contribution in [-0.2, 0) is 9.53 Å². The SMILES string of the molecule is CC1(C(=O)O)COC(=O)N1c1ccccc1Br. The lowest BCUT2D eigenvalue weighted by Crippen LogP contribution is -2.51. The van der Waals surface area contributed by atoms with Crippen molar-refractivity contribution < 1.29 is 19.4 Å². The van der Waals surface area contributed by atoms with Gasteiger partial charge in [-0.25, -0.2) is 9.59 Å². The molecule has 5 nitrogen and oxygen atoms in total. The Hall–Kier alpha value is -1.56. The van der Waals surface area contributed by atoms with Crippen molar-refractivity contribution in [1.29, 1.82) is 0 Å². The second kappa shape index (κ2) is 4.03. The van der Waals surface area contributed by atoms with E-state index in [1.807, 2.05) is 0 Å². The minimum atomic E-state index is -1.37. The van der Waals surface area contributed by atoms with Gasteiger partial charge in [-0.3, -0.25) is 4.90 Å². The Morgan fingerprint density at radius 3 is 2.76 bits per heavy atom. The lowest BCUT2D eigenvalue weighted by Gasteiger charge is -2.28. The Labute approximate surface area is 106 Å². The molecule has 0 aromatic heterocycles. The molecule has 0 aliphatic carbocycles. The number of nitrogens with zero attached hydrogens (tertiary/aromatic N) is 1. The lowest BCUT2D eigenvalue weighted by molar-refractivity contribution is -0.142. The van der Waals surface area contributed by atoms with Crippen LogP contribution in [0.3, 0.4) is 0 Å². The van der Waals surface area contributed by atoms with Crippen LogP contribution in [-0.4, -0.2) is 29.3 Å². The van der Waals surface area contributed by atoms with Crippen LogP contribution >= 0.6 is 15.9 Å². The summed E-state index contributed by atoms with van der Waals surface area (Å²) in [4.78, 5) is 24.1. The van der Waals surface area contributed by atoms with Crippen molar-refractivity contribution in [3.05, 3.63) is 28.7 Å². The van der Waals surface area contributed by atoms with E-state index in [0.29, 0.717) is 10.2 Å². The average Bonchev–Trinajstić information content (AvgIpc) is 2.58. The Kier molecular flexibility index (Phi) is 2.82. The highest BCUT2D eigenvalue weighted by molar-refractivity contribution is 9.10. The second-order valence-electron chi connectivity index (χ2n) is 3.92. The van der Waals surface area contributed by atoms with Crippen LogP contribution in [0, 0.1) is 0 Å². The van der Waals surface area contributed by atoms with Crippen molar-refractivity contribution in [1.82, 2.24) is 0 Å². The summed E-state index contributed by atoms with van der Waals surface area (Å²) < 4.78 is 5.48. The number of cyclic esters (lactones) is 1. The zero-order valence-electron chi connectivity index (χ0n) is 9.01. The number of carboxylic acids is 1. The number of benzene rings is 1. The minimum absolute atomic E-state index is 0.164. The maximum Gasteiger partial charge on any atom is 0.415 e. The summed E-state index contributed by atoms with van der Waals surface area (Å²) in [6.07, 6.45) is -0.651. The number of carbonyl (C=O) groups excluding carboxylic acids is 1. The van der Waals surface area contributed by atoms with E-state index in [-0.39, 0.29) is 6.61 Å². The molecule has 1 aliphatic heterocycles. The van der Waals surface area contributed by atoms with Gasteiger partial charge in [-0.1, -0.05) is 12.1 Å². The van der Waals surface area contributed by atoms with Crippen LogP contribution in [0.4, 0.5) is 10.5 Å². The Bertz CT molecular complexity index is 490. The third-order valence-electron chi connectivity index (χ3n) is 2.71. The van der Waals surface area contributed by atoms with E-state index in [9.17, 15) is 14.7 Å². The first kappa shape index (κ1) is 11.9. The molecule has 6 heteroatoms. The molecular formula is C11H10BrNO4. The fourth-order valence-corrected chi connectivity index (χ4v) is 2.15. The lowest BCUT2D eigenvalue weighted by atomic mass is 10.0. The van der Waals surface area contributed by atoms with Crippen molar-refractivity contribution in [3.63, 3.8) is 0 Å². The van der Waals surface area contributed by atoms with E-state index < -0.39 is 17.6 Å². The quantitative estimate of drug-likeness (QED) is 0.909. The molecule has 90 valence electrons. The number of halogens is 1. The van der Waals surface area contributed by atoms with Gasteiger partial charge < -0.3 is 9.84 Å². The largest absolute Gasteiger partial charge is 0.479 e. The topological polar surface area (TPSA) is 66.8 Å². The van der Waals surface area contributed by atoms with Crippen LogP contribution < -0.4 is 4.90 Å². The molecule has 0 saturated carbocycles. The van der Waals surface area contributed by atoms with E-state index >= 15 is 0 Å². The summed E-state index contributed by atoms with van der Waals surface area (Å²) >= 11 is 3.29. The van der Waals surface area contributed by atoms with Gasteiger partial charge in [0.05, 0.1) is 5.69 Å². The first-order valence-corrected chi connectivity index (χ1v) is 5.71. The van der Waals surface area contributed by atoms with Crippen LogP contribution in [0.2, 0.25) is 0 Å². The fourth-order valence-electron chi connectivity index (χ4n) is 1.69. The van der Waals surface area contributed by atoms with Gasteiger partial charge in [0.15, 0.2) is 5.54 Å². The molecule has 1 aliphatic rings. The Morgan fingerprint density at radius 1 is 1.53 bits per heavy atom. The van der Waals surface area contributed by atoms with Crippen molar-refractivity contribution in [2.75, 3.05) is 11.5 Å². The maximum absolute atomic E-state index is 11.7. The molecule has 1 heterocycles. The highest BCUT2D eigenvalue weighted by atomic mass is 79.9. The number of anilines is 1. The van der Waals surface area contributed by atoms with E-state index in [1.54, 1.807) is 24.3 Å². The molecule has 1 amide bonds. The standard InChI is InChI=1S/C11H10BrNO4/c1-11(9(14)15)6-17-10(16)13(11)8-5-3-2-4-7(8)12/h2-5H,6H2,1H3,(H,14,15). The molecule has 0 spiro atoms. The summed E-state index contributed by atoms with van der Waals surface area (Å²) in [5, 5.41) is 9.22. The first-order chi connectivity index (χ1) is 7.97. The number of para-hydroxylation sites is 1. The molecule has 0 radical (unpaired) electrons. The summed E-state index contributed by atoms with van der Waals surface area (Å²) in [5.74, 6) is -1.10. The predicted molar refractivity (Wildman–Crippen MR) is 64.0 cm³/mol. The van der Waals surface area contributed by atoms with Crippen molar-refractivity contribution in [3.8, 4) is 0 Å². The van der Waals surface area contributed by atoms with Crippen LogP contribution in [0.1, 0.15) is 6.92 Å². The van der Waals surface area contributed by atoms with Gasteiger partial charge in [0.2, 0.25) is 0 Å². The number of rotatable bonds is 2. The van der Waals surface area contributed by atoms with Gasteiger partial charge in [-0.2, -0.15) is 0 Å². The molecule has 2 rings (SSSR count). The third-order valence-corrected chi connectivity index (χ3v) is 3.38. The van der Waals surface area contributed by atoms with Crippen molar-refractivity contribution in [2.24, 2.45) is 0 Å². The Balaban J connectivity index is 2.52. The number of ether oxygens (including phenoxy) is 1. The highest BCUT2D eigenvalue weighted by Crippen LogP contribution is 2.35. The number of aliphatic carboxylic acids is 1. The zero-order valence-corrected chi connectivity index (χ0v) is 10.6. The van der Waals surface area contributed by atoms with Gasteiger partial charge >= 0.3 is 12.1 Å². The normalized spacial score (nSPS) is 23.6. The smallest absolute Gasteiger partial charge is 0.415 e. The van der Waals surface area contributed by atoms with Gasteiger partial charge in [0, 0.05) is 4.47 Å². The van der Waals surface area contributed by atoms with E-state index in [1.165, 1.54) is 6.92 Å². The van der Waals surface area contributed by atoms with Crippen molar-refractivity contribution in [2.45, 2.75) is 12.5 Å². The molecule has 17 heavy (non-hydrogen) atoms. The first-order valence-electron chi connectivity index (χ1n) is 4.92. The molecule has 1 aromatic rings. The molecule has 0 bridgehead atoms. The zero-order chi connectivity index (χ0) is 12.6. The summed E-state index contributed by atoms with van der Waals surface area (Å²) in [6, 6.07) is 6.92. The number of hydrogen-bond donors (Lipinski definition) is 1. The highest BCUT2D eigenvalue weighted by Gasteiger charge is 2.51. The third kappa shape index (κ3) is 1.78. The molecule has 1 N–H and O–H groups in total. The fraction of sp³-hybridized carbons (Fsp3) is 0.273. The Morgan fingerprint density at radius 2 is 2.18 bits per heavy atom. The molecule has 1 fully saturated rings. The molecular weight excluding hydrogens is 290 g/mol. The van der Waals surface area contributed by atoms with Crippen LogP contribution in [0.15, 0.2) is 28.7 Å². The van der Waals surface area contributed by atoms with E-state index in [4.69, 9.17) is 4.74 Å². The van der Waals surface area contributed by atoms with Crippen LogP contribution in [0.5, 0.6) is 0 Å². The molecule has 1 saturated heterocycles. The molecule has 1 atom stereocenters. The van der Waals surface area contributed by atoms with Gasteiger partial charge in [0.25, 0.3) is 0 Å². The maximum atomic E-state index is 11.7. The average molecular weight is 300 g/mol. The van der Waals surface area contributed by atoms with E-state index in [2.05, 4.69) is 15.9 Å². The molecule has 1 aromatic carbocycles. The monoisotopic (exact) mass is 299 g/mol. The summed E-state index contributed by atoms with van der Waals surface area (Å²) in [6.45, 7) is 1.29. The number of carboxylic acid groups (broad SMARTS) is 1. The number of carbonyl (C=O) groups is 2. The summed E-state index contributed by atoms with van der Waals surface area (Å²) in [7, 11) is 0. The van der Waals surface area contributed by atoms with E-state index in [0.717, 1.165) is 4.90 Å². The van der Waals surface area contributed by atoms with Gasteiger partial charge in [-0.15, -0.1) is 0 Å². The second-order valence-corrected chi connectivity index (χ2v) is 4.77. The van der Waals surface area contributed by atoms with Gasteiger partial charge in [-0.05, 0) is 35.0 Å². The van der Waals surface area contributed by atoms with Crippen molar-refractivity contribution >= 4 is 33.7 Å². The molecule has 1 unspecified atom stereocenters. The summed E-state index contributed by atoms with van der Waals surface area (Å²) in [5.41, 5.74) is -0.888. The number of hydrogen-bond acceptors (Lipinski definition) is 3. The van der Waals surface area contributed by atoms with Crippen LogP contribution in [0.25, 0.3) is 0 Å².